The minimum Gasteiger partial charge on any atom is -0.496 e. The van der Waals surface area contributed by atoms with E-state index in [1.54, 1.807) is 30.2 Å². The minimum atomic E-state index is -0.222. The van der Waals surface area contributed by atoms with Crippen LogP contribution in [0.5, 0.6) is 5.75 Å². The number of hydrogen-bond acceptors (Lipinski definition) is 4. The molecule has 1 aliphatic rings. The molecule has 2 aromatic carbocycles. The lowest BCUT2D eigenvalue weighted by atomic mass is 10.1. The fraction of sp³-hybridized carbons (Fsp3) is 0.333. The molecule has 0 aromatic heterocycles. The van der Waals surface area contributed by atoms with Gasteiger partial charge < -0.3 is 19.7 Å². The number of hydrogen-bond donors (Lipinski definition) is 1. The SMILES string of the molecule is CCOCc1cc(C(=O)Nc2cccc(N3CCCC3=O)c2)ccc1OC. The maximum absolute atomic E-state index is 12.7. The summed E-state index contributed by atoms with van der Waals surface area (Å²) in [6, 6.07) is 12.6. The maximum Gasteiger partial charge on any atom is 0.255 e. The van der Waals surface area contributed by atoms with Crippen LogP contribution in [0.2, 0.25) is 0 Å². The van der Waals surface area contributed by atoms with Crippen molar-refractivity contribution in [3.05, 3.63) is 53.6 Å². The molecule has 0 saturated carbocycles. The quantitative estimate of drug-likeness (QED) is 0.811. The monoisotopic (exact) mass is 368 g/mol. The minimum absolute atomic E-state index is 0.120. The van der Waals surface area contributed by atoms with Gasteiger partial charge in [0.05, 0.1) is 13.7 Å². The van der Waals surface area contributed by atoms with E-state index in [0.717, 1.165) is 24.2 Å². The Hall–Kier alpha value is -2.86. The lowest BCUT2D eigenvalue weighted by Gasteiger charge is -2.17. The molecule has 0 unspecified atom stereocenters. The standard InChI is InChI=1S/C21H24N2O4/c1-3-27-14-16-12-15(9-10-19(16)26-2)21(25)22-17-6-4-7-18(13-17)23-11-5-8-20(23)24/h4,6-7,9-10,12-13H,3,5,8,11,14H2,1-2H3,(H,22,25). The smallest absolute Gasteiger partial charge is 0.255 e. The Morgan fingerprint density at radius 1 is 1.22 bits per heavy atom. The molecule has 6 heteroatoms. The number of amides is 2. The van der Waals surface area contributed by atoms with E-state index >= 15 is 0 Å². The lowest BCUT2D eigenvalue weighted by molar-refractivity contribution is -0.117. The second kappa shape index (κ2) is 8.68. The Balaban J connectivity index is 1.76. The molecule has 0 spiro atoms. The van der Waals surface area contributed by atoms with Crippen LogP contribution in [-0.2, 0) is 16.1 Å². The van der Waals surface area contributed by atoms with Gasteiger partial charge in [-0.15, -0.1) is 0 Å². The average molecular weight is 368 g/mol. The van der Waals surface area contributed by atoms with Gasteiger partial charge in [-0.05, 0) is 49.7 Å². The molecule has 0 bridgehead atoms. The number of nitrogens with zero attached hydrogens (tertiary/aromatic N) is 1. The Kier molecular flexibility index (Phi) is 6.08. The molecule has 1 fully saturated rings. The highest BCUT2D eigenvalue weighted by Crippen LogP contribution is 2.25. The van der Waals surface area contributed by atoms with Gasteiger partial charge >= 0.3 is 0 Å². The summed E-state index contributed by atoms with van der Waals surface area (Å²) in [5.41, 5.74) is 2.80. The van der Waals surface area contributed by atoms with Crippen LogP contribution in [0, 0.1) is 0 Å². The summed E-state index contributed by atoms with van der Waals surface area (Å²) in [5, 5.41) is 2.90. The molecular weight excluding hydrogens is 344 g/mol. The molecule has 0 radical (unpaired) electrons. The number of carbonyl (C=O) groups is 2. The first-order chi connectivity index (χ1) is 13.1. The van der Waals surface area contributed by atoms with Crippen molar-refractivity contribution < 1.29 is 19.1 Å². The highest BCUT2D eigenvalue weighted by atomic mass is 16.5. The highest BCUT2D eigenvalue weighted by Gasteiger charge is 2.22. The van der Waals surface area contributed by atoms with Gasteiger partial charge in [0.1, 0.15) is 5.75 Å². The lowest BCUT2D eigenvalue weighted by Crippen LogP contribution is -2.23. The van der Waals surface area contributed by atoms with E-state index in [-0.39, 0.29) is 11.8 Å². The zero-order valence-corrected chi connectivity index (χ0v) is 15.7. The van der Waals surface area contributed by atoms with Crippen LogP contribution in [-0.4, -0.2) is 32.1 Å². The molecule has 2 aromatic rings. The van der Waals surface area contributed by atoms with Crippen molar-refractivity contribution in [1.82, 2.24) is 0 Å². The second-order valence-corrected chi connectivity index (χ2v) is 6.32. The summed E-state index contributed by atoms with van der Waals surface area (Å²) in [5.74, 6) is 0.587. The van der Waals surface area contributed by atoms with Crippen molar-refractivity contribution in [3.63, 3.8) is 0 Å². The predicted octanol–water partition coefficient (Wildman–Crippen LogP) is 3.61. The van der Waals surface area contributed by atoms with E-state index in [2.05, 4.69) is 5.32 Å². The zero-order chi connectivity index (χ0) is 19.2. The number of rotatable bonds is 7. The van der Waals surface area contributed by atoms with Gasteiger partial charge in [0.25, 0.3) is 5.91 Å². The number of nitrogens with one attached hydrogen (secondary N) is 1. The first-order valence-corrected chi connectivity index (χ1v) is 9.09. The fourth-order valence-electron chi connectivity index (χ4n) is 3.12. The molecule has 1 N–H and O–H groups in total. The van der Waals surface area contributed by atoms with E-state index in [9.17, 15) is 9.59 Å². The van der Waals surface area contributed by atoms with Gasteiger partial charge in [-0.3, -0.25) is 9.59 Å². The molecule has 1 heterocycles. The molecule has 0 aliphatic carbocycles. The van der Waals surface area contributed by atoms with E-state index < -0.39 is 0 Å². The molecule has 142 valence electrons. The molecule has 0 atom stereocenters. The van der Waals surface area contributed by atoms with Gasteiger partial charge in [-0.2, -0.15) is 0 Å². The molecule has 6 nitrogen and oxygen atoms in total. The van der Waals surface area contributed by atoms with Gasteiger partial charge in [-0.25, -0.2) is 0 Å². The van der Waals surface area contributed by atoms with Crippen molar-refractivity contribution in [2.75, 3.05) is 30.5 Å². The Bertz CT molecular complexity index is 835. The number of ether oxygens (including phenoxy) is 2. The third-order valence-corrected chi connectivity index (χ3v) is 4.49. The van der Waals surface area contributed by atoms with Crippen LogP contribution in [0.1, 0.15) is 35.7 Å². The third-order valence-electron chi connectivity index (χ3n) is 4.49. The van der Waals surface area contributed by atoms with Crippen molar-refractivity contribution in [2.45, 2.75) is 26.4 Å². The molecule has 1 aliphatic heterocycles. The van der Waals surface area contributed by atoms with Gasteiger partial charge in [-0.1, -0.05) is 6.07 Å². The summed E-state index contributed by atoms with van der Waals surface area (Å²) >= 11 is 0. The van der Waals surface area contributed by atoms with Crippen LogP contribution >= 0.6 is 0 Å². The van der Waals surface area contributed by atoms with Crippen molar-refractivity contribution in [1.29, 1.82) is 0 Å². The van der Waals surface area contributed by atoms with Gasteiger partial charge in [0.2, 0.25) is 5.91 Å². The van der Waals surface area contributed by atoms with E-state index in [4.69, 9.17) is 9.47 Å². The van der Waals surface area contributed by atoms with Crippen LogP contribution in [0.25, 0.3) is 0 Å². The molecule has 27 heavy (non-hydrogen) atoms. The number of anilines is 2. The summed E-state index contributed by atoms with van der Waals surface area (Å²) in [4.78, 5) is 26.3. The normalized spacial score (nSPS) is 13.7. The van der Waals surface area contributed by atoms with Crippen LogP contribution < -0.4 is 15.0 Å². The fourth-order valence-corrected chi connectivity index (χ4v) is 3.12. The molecule has 2 amide bonds. The molecular formula is C21H24N2O4. The summed E-state index contributed by atoms with van der Waals surface area (Å²) < 4.78 is 10.8. The Morgan fingerprint density at radius 3 is 2.78 bits per heavy atom. The summed E-state index contributed by atoms with van der Waals surface area (Å²) in [7, 11) is 1.59. The van der Waals surface area contributed by atoms with Gasteiger partial charge in [0, 0.05) is 42.1 Å². The van der Waals surface area contributed by atoms with E-state index in [0.29, 0.717) is 36.6 Å². The van der Waals surface area contributed by atoms with Crippen LogP contribution in [0.4, 0.5) is 11.4 Å². The number of carbonyl (C=O) groups excluding carboxylic acids is 2. The highest BCUT2D eigenvalue weighted by molar-refractivity contribution is 6.05. The Labute approximate surface area is 159 Å². The van der Waals surface area contributed by atoms with E-state index in [1.165, 1.54) is 0 Å². The number of benzene rings is 2. The first-order valence-electron chi connectivity index (χ1n) is 9.09. The van der Waals surface area contributed by atoms with Crippen LogP contribution in [0.3, 0.4) is 0 Å². The summed E-state index contributed by atoms with van der Waals surface area (Å²) in [6.07, 6.45) is 1.44. The molecule has 3 rings (SSSR count). The third kappa shape index (κ3) is 4.46. The van der Waals surface area contributed by atoms with Crippen molar-refractivity contribution in [3.8, 4) is 5.75 Å². The average Bonchev–Trinajstić information content (AvgIpc) is 3.12. The zero-order valence-electron chi connectivity index (χ0n) is 15.7. The molecule has 1 saturated heterocycles. The topological polar surface area (TPSA) is 67.9 Å². The van der Waals surface area contributed by atoms with Crippen molar-refractivity contribution in [2.24, 2.45) is 0 Å². The first kappa shape index (κ1) is 18.9. The number of methoxy groups -OCH3 is 1. The van der Waals surface area contributed by atoms with Crippen LogP contribution in [0.15, 0.2) is 42.5 Å². The van der Waals surface area contributed by atoms with E-state index in [1.807, 2.05) is 31.2 Å². The Morgan fingerprint density at radius 2 is 2.07 bits per heavy atom. The second-order valence-electron chi connectivity index (χ2n) is 6.32. The largest absolute Gasteiger partial charge is 0.496 e. The van der Waals surface area contributed by atoms with Gasteiger partial charge in [0.15, 0.2) is 0 Å². The maximum atomic E-state index is 12.7. The predicted molar refractivity (Wildman–Crippen MR) is 104 cm³/mol. The summed E-state index contributed by atoms with van der Waals surface area (Å²) in [6.45, 7) is 3.60. The van der Waals surface area contributed by atoms with Crippen molar-refractivity contribution >= 4 is 23.2 Å².